The summed E-state index contributed by atoms with van der Waals surface area (Å²) in [6, 6.07) is 24.6. The van der Waals surface area contributed by atoms with Gasteiger partial charge in [0.15, 0.2) is 0 Å². The molecule has 0 fully saturated rings. The van der Waals surface area contributed by atoms with E-state index < -0.39 is 0 Å². The Morgan fingerprint density at radius 3 is 2.40 bits per heavy atom. The molecule has 0 radical (unpaired) electrons. The lowest BCUT2D eigenvalue weighted by Crippen LogP contribution is -2.23. The van der Waals surface area contributed by atoms with Gasteiger partial charge in [-0.1, -0.05) is 65.8 Å². The molecule has 0 aliphatic carbocycles. The second kappa shape index (κ2) is 11.4. The lowest BCUT2D eigenvalue weighted by Gasteiger charge is -2.14. The van der Waals surface area contributed by atoms with Gasteiger partial charge >= 0.3 is 0 Å². The Morgan fingerprint density at radius 1 is 0.971 bits per heavy atom. The zero-order chi connectivity index (χ0) is 24.8. The molecule has 1 aromatic heterocycles. The first-order valence-corrected chi connectivity index (χ1v) is 12.6. The van der Waals surface area contributed by atoms with Crippen molar-refractivity contribution in [3.05, 3.63) is 107 Å². The second-order valence-electron chi connectivity index (χ2n) is 8.86. The smallest absolute Gasteiger partial charge is 0.252 e. The van der Waals surface area contributed by atoms with Gasteiger partial charge in [0, 0.05) is 29.3 Å². The summed E-state index contributed by atoms with van der Waals surface area (Å²) in [6.07, 6.45) is 0. The molecular weight excluding hydrogens is 454 g/mol. The van der Waals surface area contributed by atoms with Crippen LogP contribution in [0.4, 0.5) is 0 Å². The van der Waals surface area contributed by atoms with Gasteiger partial charge in [0.1, 0.15) is 5.76 Å². The average molecular weight is 486 g/mol. The van der Waals surface area contributed by atoms with Crippen molar-refractivity contribution >= 4 is 17.7 Å². The summed E-state index contributed by atoms with van der Waals surface area (Å²) in [6.45, 7) is 5.23. The quantitative estimate of drug-likeness (QED) is 0.284. The number of aryl methyl sites for hydroxylation is 2. The molecule has 0 spiro atoms. The normalized spacial score (nSPS) is 11.1. The van der Waals surface area contributed by atoms with Crippen molar-refractivity contribution in [2.45, 2.75) is 37.6 Å². The van der Waals surface area contributed by atoms with Crippen LogP contribution in [0.25, 0.3) is 11.1 Å². The van der Waals surface area contributed by atoms with E-state index in [0.717, 1.165) is 45.1 Å². The molecule has 1 amide bonds. The van der Waals surface area contributed by atoms with E-state index in [2.05, 4.69) is 65.9 Å². The molecule has 0 bridgehead atoms. The predicted octanol–water partition coefficient (Wildman–Crippen LogP) is 6.24. The van der Waals surface area contributed by atoms with E-state index >= 15 is 0 Å². The summed E-state index contributed by atoms with van der Waals surface area (Å²) < 4.78 is 5.28. The van der Waals surface area contributed by atoms with Crippen LogP contribution in [-0.2, 0) is 18.8 Å². The Labute approximate surface area is 211 Å². The number of carbonyl (C=O) groups is 1. The standard InChI is InChI=1S/C29H31N3O2S/c1-20-27(21(2)34-31-20)19-35-28-12-8-7-11-26(28)29(33)30-17-24-9-5-6-10-25(24)23-15-13-22(14-16-23)18-32(3)4/h5-16H,17-19H2,1-4H3,(H,30,33). The first-order valence-electron chi connectivity index (χ1n) is 11.7. The van der Waals surface area contributed by atoms with Crippen molar-refractivity contribution < 1.29 is 9.32 Å². The van der Waals surface area contributed by atoms with E-state index in [1.54, 1.807) is 11.8 Å². The third-order valence-corrected chi connectivity index (χ3v) is 7.01. The molecule has 180 valence electrons. The first-order chi connectivity index (χ1) is 16.9. The van der Waals surface area contributed by atoms with E-state index in [-0.39, 0.29) is 5.91 Å². The highest BCUT2D eigenvalue weighted by Gasteiger charge is 2.15. The molecule has 35 heavy (non-hydrogen) atoms. The van der Waals surface area contributed by atoms with E-state index in [9.17, 15) is 4.79 Å². The SMILES string of the molecule is Cc1noc(C)c1CSc1ccccc1C(=O)NCc1ccccc1-c1ccc(CN(C)C)cc1. The maximum Gasteiger partial charge on any atom is 0.252 e. The van der Waals surface area contributed by atoms with Crippen LogP contribution in [0, 0.1) is 13.8 Å². The number of amides is 1. The summed E-state index contributed by atoms with van der Waals surface area (Å²) in [7, 11) is 4.14. The molecule has 0 saturated carbocycles. The molecule has 0 unspecified atom stereocenters. The van der Waals surface area contributed by atoms with Gasteiger partial charge in [-0.25, -0.2) is 0 Å². The molecule has 1 N–H and O–H groups in total. The molecule has 4 rings (SSSR count). The highest BCUT2D eigenvalue weighted by molar-refractivity contribution is 7.98. The summed E-state index contributed by atoms with van der Waals surface area (Å²) in [5.41, 5.74) is 7.28. The fourth-order valence-corrected chi connectivity index (χ4v) is 5.22. The number of carbonyl (C=O) groups excluding carboxylic acids is 1. The van der Waals surface area contributed by atoms with E-state index in [4.69, 9.17) is 4.52 Å². The Hall–Kier alpha value is -3.35. The van der Waals surface area contributed by atoms with Gasteiger partial charge in [0.2, 0.25) is 0 Å². The molecule has 6 heteroatoms. The maximum absolute atomic E-state index is 13.2. The molecule has 0 aliphatic rings. The van der Waals surface area contributed by atoms with Crippen LogP contribution >= 0.6 is 11.8 Å². The van der Waals surface area contributed by atoms with Crippen molar-refractivity contribution in [3.63, 3.8) is 0 Å². The van der Waals surface area contributed by atoms with E-state index in [1.165, 1.54) is 5.56 Å². The zero-order valence-electron chi connectivity index (χ0n) is 20.7. The van der Waals surface area contributed by atoms with Crippen LogP contribution in [0.2, 0.25) is 0 Å². The Balaban J connectivity index is 1.46. The minimum atomic E-state index is -0.0806. The van der Waals surface area contributed by atoms with Gasteiger partial charge in [-0.05, 0) is 62.3 Å². The second-order valence-corrected chi connectivity index (χ2v) is 9.88. The van der Waals surface area contributed by atoms with Crippen LogP contribution in [-0.4, -0.2) is 30.1 Å². The molecule has 0 aliphatic heterocycles. The molecule has 5 nitrogen and oxygen atoms in total. The third kappa shape index (κ3) is 6.21. The zero-order valence-corrected chi connectivity index (χ0v) is 21.5. The predicted molar refractivity (Wildman–Crippen MR) is 142 cm³/mol. The maximum atomic E-state index is 13.2. The summed E-state index contributed by atoms with van der Waals surface area (Å²) in [5.74, 6) is 1.45. The number of thioether (sulfide) groups is 1. The van der Waals surface area contributed by atoms with Crippen molar-refractivity contribution in [1.29, 1.82) is 0 Å². The molecule has 1 heterocycles. The van der Waals surface area contributed by atoms with Gasteiger partial charge in [0.25, 0.3) is 5.91 Å². The monoisotopic (exact) mass is 485 g/mol. The van der Waals surface area contributed by atoms with Gasteiger partial charge in [-0.2, -0.15) is 0 Å². The van der Waals surface area contributed by atoms with E-state index in [1.807, 2.05) is 50.2 Å². The summed E-state index contributed by atoms with van der Waals surface area (Å²) in [5, 5.41) is 7.16. The number of nitrogens with one attached hydrogen (secondary N) is 1. The van der Waals surface area contributed by atoms with Crippen LogP contribution in [0.3, 0.4) is 0 Å². The fourth-order valence-electron chi connectivity index (χ4n) is 4.02. The van der Waals surface area contributed by atoms with Crippen molar-refractivity contribution in [2.75, 3.05) is 14.1 Å². The van der Waals surface area contributed by atoms with Gasteiger partial charge in [-0.3, -0.25) is 4.79 Å². The molecular formula is C29H31N3O2S. The minimum absolute atomic E-state index is 0.0806. The number of rotatable bonds is 9. The number of benzene rings is 3. The molecule has 0 atom stereocenters. The van der Waals surface area contributed by atoms with E-state index in [0.29, 0.717) is 17.9 Å². The summed E-state index contributed by atoms with van der Waals surface area (Å²) >= 11 is 1.62. The summed E-state index contributed by atoms with van der Waals surface area (Å²) in [4.78, 5) is 16.3. The Kier molecular flexibility index (Phi) is 8.06. The van der Waals surface area contributed by atoms with Crippen molar-refractivity contribution in [3.8, 4) is 11.1 Å². The highest BCUT2D eigenvalue weighted by Crippen LogP contribution is 2.29. The minimum Gasteiger partial charge on any atom is -0.361 e. The Morgan fingerprint density at radius 2 is 1.69 bits per heavy atom. The molecule has 4 aromatic rings. The lowest BCUT2D eigenvalue weighted by molar-refractivity contribution is 0.0948. The number of hydrogen-bond acceptors (Lipinski definition) is 5. The Bertz CT molecular complexity index is 1280. The number of hydrogen-bond donors (Lipinski definition) is 1. The first kappa shape index (κ1) is 24.8. The molecule has 0 saturated heterocycles. The fraction of sp³-hybridized carbons (Fsp3) is 0.241. The topological polar surface area (TPSA) is 58.4 Å². The average Bonchev–Trinajstić information content (AvgIpc) is 3.18. The van der Waals surface area contributed by atoms with Crippen molar-refractivity contribution in [2.24, 2.45) is 0 Å². The van der Waals surface area contributed by atoms with Gasteiger partial charge in [-0.15, -0.1) is 11.8 Å². The van der Waals surface area contributed by atoms with Crippen LogP contribution < -0.4 is 5.32 Å². The number of nitrogens with zero attached hydrogens (tertiary/aromatic N) is 2. The van der Waals surface area contributed by atoms with Crippen molar-refractivity contribution in [1.82, 2.24) is 15.4 Å². The van der Waals surface area contributed by atoms with Gasteiger partial charge < -0.3 is 14.7 Å². The number of aromatic nitrogens is 1. The van der Waals surface area contributed by atoms with Crippen LogP contribution in [0.5, 0.6) is 0 Å². The highest BCUT2D eigenvalue weighted by atomic mass is 32.2. The molecule has 3 aromatic carbocycles. The lowest BCUT2D eigenvalue weighted by atomic mass is 9.98. The third-order valence-electron chi connectivity index (χ3n) is 5.91. The van der Waals surface area contributed by atoms with Gasteiger partial charge in [0.05, 0.1) is 11.3 Å². The largest absolute Gasteiger partial charge is 0.361 e. The van der Waals surface area contributed by atoms with Crippen LogP contribution in [0.1, 0.15) is 38.5 Å². The van der Waals surface area contributed by atoms with Crippen LogP contribution in [0.15, 0.2) is 82.2 Å².